The Kier molecular flexibility index (Phi) is 6.60. The minimum Gasteiger partial charge on any atom is -0.394 e. The van der Waals surface area contributed by atoms with Gasteiger partial charge in [-0.05, 0) is 37.8 Å². The van der Waals surface area contributed by atoms with Crippen molar-refractivity contribution >= 4 is 34.9 Å². The van der Waals surface area contributed by atoms with Gasteiger partial charge in [0.1, 0.15) is 11.5 Å². The number of para-hydroxylation sites is 1. The number of aliphatic hydroxyl groups is 1. The average Bonchev–Trinajstić information content (AvgIpc) is 3.25. The summed E-state index contributed by atoms with van der Waals surface area (Å²) >= 11 is 0. The van der Waals surface area contributed by atoms with Crippen molar-refractivity contribution in [2.45, 2.75) is 19.4 Å². The molecule has 4 rings (SSSR count). The molecule has 3 N–H and O–H groups in total. The summed E-state index contributed by atoms with van der Waals surface area (Å²) in [5.41, 5.74) is 3.17. The number of H-pyrrole nitrogens is 1. The van der Waals surface area contributed by atoms with E-state index < -0.39 is 5.82 Å². The highest BCUT2D eigenvalue weighted by atomic mass is 19.1. The Labute approximate surface area is 191 Å². The summed E-state index contributed by atoms with van der Waals surface area (Å²) in [5.74, 6) is 0.784. The highest BCUT2D eigenvalue weighted by molar-refractivity contribution is 5.83. The van der Waals surface area contributed by atoms with E-state index in [-0.39, 0.29) is 12.6 Å². The smallest absolute Gasteiger partial charge is 0.165 e. The number of halogens is 1. The summed E-state index contributed by atoms with van der Waals surface area (Å²) in [6.45, 7) is 6.07. The number of aromatic amines is 1. The third-order valence-corrected chi connectivity index (χ3v) is 5.61. The second-order valence-corrected chi connectivity index (χ2v) is 7.80. The summed E-state index contributed by atoms with van der Waals surface area (Å²) in [7, 11) is 1.81. The number of likely N-dealkylation sites (N-methyl/N-ethyl adjacent to an activating group) is 1. The first-order valence-electron chi connectivity index (χ1n) is 10.6. The molecular formula is C24H26FN7O. The van der Waals surface area contributed by atoms with Crippen LogP contribution in [0.2, 0.25) is 0 Å². The molecule has 0 bridgehead atoms. The zero-order valence-electron chi connectivity index (χ0n) is 18.6. The van der Waals surface area contributed by atoms with Gasteiger partial charge in [-0.15, -0.1) is 0 Å². The Hall–Kier alpha value is -3.85. The number of anilines is 2. The number of hydrogen-bond donors (Lipinski definition) is 3. The third-order valence-electron chi connectivity index (χ3n) is 5.61. The number of aliphatic hydroxyl groups excluding tert-OH is 1. The van der Waals surface area contributed by atoms with Crippen LogP contribution >= 0.6 is 0 Å². The standard InChI is InChI=1S/C24H26FN7O/c1-15(14-33)32(3)24-21(26-2)23(30-22(31-24)17-10-18(25)13-27-11-17)28-9-8-16-12-29-20-7-5-4-6-19(16)20/h4-7,10-13,15,29,33H,2,8-9,14H2,1,3H3,(H,28,30,31). The van der Waals surface area contributed by atoms with Gasteiger partial charge in [0.25, 0.3) is 0 Å². The molecule has 0 aliphatic carbocycles. The topological polar surface area (TPSA) is 102 Å². The van der Waals surface area contributed by atoms with Crippen molar-refractivity contribution in [3.8, 4) is 11.4 Å². The van der Waals surface area contributed by atoms with Crippen LogP contribution < -0.4 is 10.2 Å². The molecule has 0 aliphatic heterocycles. The lowest BCUT2D eigenvalue weighted by atomic mass is 10.1. The fourth-order valence-electron chi connectivity index (χ4n) is 3.61. The fourth-order valence-corrected chi connectivity index (χ4v) is 3.61. The maximum absolute atomic E-state index is 13.8. The monoisotopic (exact) mass is 447 g/mol. The first-order valence-corrected chi connectivity index (χ1v) is 10.6. The van der Waals surface area contributed by atoms with E-state index in [1.807, 2.05) is 31.3 Å². The molecule has 33 heavy (non-hydrogen) atoms. The van der Waals surface area contributed by atoms with E-state index in [4.69, 9.17) is 0 Å². The highest BCUT2D eigenvalue weighted by Crippen LogP contribution is 2.35. The molecule has 0 saturated carbocycles. The van der Waals surface area contributed by atoms with E-state index >= 15 is 0 Å². The molecule has 4 aromatic rings. The largest absolute Gasteiger partial charge is 0.394 e. The van der Waals surface area contributed by atoms with Crippen LogP contribution in [-0.4, -0.2) is 58.0 Å². The van der Waals surface area contributed by atoms with Crippen molar-refractivity contribution < 1.29 is 9.50 Å². The van der Waals surface area contributed by atoms with Crippen LogP contribution in [0.5, 0.6) is 0 Å². The van der Waals surface area contributed by atoms with E-state index in [0.29, 0.717) is 35.3 Å². The summed E-state index contributed by atoms with van der Waals surface area (Å²) in [6.07, 6.45) is 5.39. The van der Waals surface area contributed by atoms with Gasteiger partial charge in [-0.25, -0.2) is 14.4 Å². The molecule has 1 atom stereocenters. The summed E-state index contributed by atoms with van der Waals surface area (Å²) in [5, 5.41) is 14.2. The van der Waals surface area contributed by atoms with Crippen LogP contribution in [0.1, 0.15) is 12.5 Å². The van der Waals surface area contributed by atoms with Gasteiger partial charge in [0.2, 0.25) is 0 Å². The van der Waals surface area contributed by atoms with E-state index in [2.05, 4.69) is 43.0 Å². The van der Waals surface area contributed by atoms with Gasteiger partial charge in [-0.2, -0.15) is 0 Å². The molecule has 3 aromatic heterocycles. The van der Waals surface area contributed by atoms with Gasteiger partial charge in [0.15, 0.2) is 17.5 Å². The van der Waals surface area contributed by atoms with E-state index in [0.717, 1.165) is 18.1 Å². The van der Waals surface area contributed by atoms with E-state index in [9.17, 15) is 9.50 Å². The van der Waals surface area contributed by atoms with Crippen LogP contribution in [0.3, 0.4) is 0 Å². The number of nitrogens with zero attached hydrogens (tertiary/aromatic N) is 5. The number of aliphatic imine (C=N–C) groups is 1. The van der Waals surface area contributed by atoms with Crippen molar-refractivity contribution in [3.05, 3.63) is 60.3 Å². The van der Waals surface area contributed by atoms with Gasteiger partial charge >= 0.3 is 0 Å². The SMILES string of the molecule is C=Nc1c(NCCc2c[nH]c3ccccc23)nc(-c2cncc(F)c2)nc1N(C)C(C)CO. The Balaban J connectivity index is 1.68. The van der Waals surface area contributed by atoms with Gasteiger partial charge in [0, 0.05) is 42.5 Å². The first kappa shape index (κ1) is 22.3. The number of hydrogen-bond acceptors (Lipinski definition) is 7. The lowest BCUT2D eigenvalue weighted by Crippen LogP contribution is -2.33. The van der Waals surface area contributed by atoms with E-state index in [1.54, 1.807) is 11.9 Å². The van der Waals surface area contributed by atoms with Crippen molar-refractivity contribution in [1.29, 1.82) is 0 Å². The minimum atomic E-state index is -0.477. The maximum atomic E-state index is 13.8. The molecule has 9 heteroatoms. The van der Waals surface area contributed by atoms with Gasteiger partial charge in [-0.3, -0.25) is 9.98 Å². The van der Waals surface area contributed by atoms with Crippen LogP contribution in [0, 0.1) is 5.82 Å². The molecule has 0 amide bonds. The maximum Gasteiger partial charge on any atom is 0.165 e. The molecular weight excluding hydrogens is 421 g/mol. The zero-order chi connectivity index (χ0) is 23.4. The molecule has 0 spiro atoms. The second-order valence-electron chi connectivity index (χ2n) is 7.80. The molecule has 8 nitrogen and oxygen atoms in total. The molecule has 0 fully saturated rings. The predicted octanol–water partition coefficient (Wildman–Crippen LogP) is 3.96. The quantitative estimate of drug-likeness (QED) is 0.336. The Morgan fingerprint density at radius 1 is 1.27 bits per heavy atom. The summed E-state index contributed by atoms with van der Waals surface area (Å²) in [6, 6.07) is 9.25. The van der Waals surface area contributed by atoms with Crippen molar-refractivity contribution in [3.63, 3.8) is 0 Å². The number of aromatic nitrogens is 4. The number of fused-ring (bicyclic) bond motifs is 1. The number of rotatable bonds is 9. The van der Waals surface area contributed by atoms with Crippen LogP contribution in [0.15, 0.2) is 53.9 Å². The van der Waals surface area contributed by atoms with Crippen LogP contribution in [-0.2, 0) is 6.42 Å². The summed E-state index contributed by atoms with van der Waals surface area (Å²) < 4.78 is 13.8. The molecule has 170 valence electrons. The lowest BCUT2D eigenvalue weighted by molar-refractivity contribution is 0.270. The molecule has 0 radical (unpaired) electrons. The first-order chi connectivity index (χ1) is 16.0. The third kappa shape index (κ3) is 4.68. The molecule has 1 unspecified atom stereocenters. The zero-order valence-corrected chi connectivity index (χ0v) is 18.6. The Morgan fingerprint density at radius 3 is 2.85 bits per heavy atom. The van der Waals surface area contributed by atoms with Crippen molar-refractivity contribution in [1.82, 2.24) is 19.9 Å². The number of pyridine rings is 1. The van der Waals surface area contributed by atoms with Crippen molar-refractivity contribution in [2.75, 3.05) is 30.4 Å². The number of benzene rings is 1. The number of nitrogens with one attached hydrogen (secondary N) is 2. The normalized spacial score (nSPS) is 12.0. The summed E-state index contributed by atoms with van der Waals surface area (Å²) in [4.78, 5) is 22.4. The molecule has 0 saturated heterocycles. The Morgan fingerprint density at radius 2 is 2.09 bits per heavy atom. The average molecular weight is 448 g/mol. The molecule has 3 heterocycles. The van der Waals surface area contributed by atoms with E-state index in [1.165, 1.54) is 23.2 Å². The fraction of sp³-hybridized carbons (Fsp3) is 0.250. The van der Waals surface area contributed by atoms with Gasteiger partial charge in [-0.1, -0.05) is 18.2 Å². The second kappa shape index (κ2) is 9.74. The van der Waals surface area contributed by atoms with Gasteiger partial charge < -0.3 is 20.3 Å². The van der Waals surface area contributed by atoms with Gasteiger partial charge in [0.05, 0.1) is 18.8 Å². The Bertz CT molecular complexity index is 1270. The highest BCUT2D eigenvalue weighted by Gasteiger charge is 2.21. The van der Waals surface area contributed by atoms with Crippen LogP contribution in [0.4, 0.5) is 21.7 Å². The van der Waals surface area contributed by atoms with Crippen molar-refractivity contribution in [2.24, 2.45) is 4.99 Å². The molecule has 0 aliphatic rings. The lowest BCUT2D eigenvalue weighted by Gasteiger charge is -2.26. The predicted molar refractivity (Wildman–Crippen MR) is 130 cm³/mol. The van der Waals surface area contributed by atoms with Crippen LogP contribution in [0.25, 0.3) is 22.3 Å². The molecule has 1 aromatic carbocycles. The minimum absolute atomic E-state index is 0.0722.